The average Bonchev–Trinajstić information content (AvgIpc) is 2.34. The minimum absolute atomic E-state index is 0.218. The Kier molecular flexibility index (Phi) is 4.05. The molecule has 18 heavy (non-hydrogen) atoms. The fourth-order valence-electron chi connectivity index (χ4n) is 2.63. The van der Waals surface area contributed by atoms with Crippen molar-refractivity contribution < 1.29 is 14.7 Å². The third kappa shape index (κ3) is 2.51. The molecular formula is C13H24N2O3. The summed E-state index contributed by atoms with van der Waals surface area (Å²) in [6.07, 6.45) is 0.611. The third-order valence-electron chi connectivity index (χ3n) is 4.43. The normalized spacial score (nSPS) is 37.5. The van der Waals surface area contributed by atoms with E-state index in [-0.39, 0.29) is 23.9 Å². The fraction of sp³-hybridized carbons (Fsp3) is 0.846. The molecule has 2 amide bonds. The molecule has 5 nitrogen and oxygen atoms in total. The Morgan fingerprint density at radius 2 is 2.00 bits per heavy atom. The number of nitrogens with zero attached hydrogens (tertiary/aromatic N) is 1. The molecule has 1 heterocycles. The summed E-state index contributed by atoms with van der Waals surface area (Å²) in [5.41, 5.74) is -0.740. The molecular weight excluding hydrogens is 232 g/mol. The quantitative estimate of drug-likeness (QED) is 0.794. The second kappa shape index (κ2) is 4.88. The zero-order valence-electron chi connectivity index (χ0n) is 11.9. The largest absolute Gasteiger partial charge is 0.465 e. The number of hydrogen-bond donors (Lipinski definition) is 2. The molecule has 0 aromatic rings. The third-order valence-corrected chi connectivity index (χ3v) is 4.43. The molecule has 0 saturated carbocycles. The van der Waals surface area contributed by atoms with Crippen LogP contribution >= 0.6 is 0 Å². The molecule has 0 aromatic heterocycles. The van der Waals surface area contributed by atoms with Crippen molar-refractivity contribution in [1.29, 1.82) is 0 Å². The molecule has 1 aliphatic heterocycles. The Morgan fingerprint density at radius 1 is 1.44 bits per heavy atom. The molecule has 1 aliphatic rings. The van der Waals surface area contributed by atoms with Crippen LogP contribution in [0.25, 0.3) is 0 Å². The van der Waals surface area contributed by atoms with Gasteiger partial charge in [-0.3, -0.25) is 4.79 Å². The van der Waals surface area contributed by atoms with Gasteiger partial charge in [0.1, 0.15) is 0 Å². The van der Waals surface area contributed by atoms with E-state index in [0.29, 0.717) is 0 Å². The summed E-state index contributed by atoms with van der Waals surface area (Å²) in [4.78, 5) is 24.4. The van der Waals surface area contributed by atoms with Crippen LogP contribution in [0.1, 0.15) is 53.9 Å². The van der Waals surface area contributed by atoms with Crippen LogP contribution in [0.3, 0.4) is 0 Å². The Labute approximate surface area is 109 Å². The molecule has 0 bridgehead atoms. The molecule has 0 spiro atoms. The first-order chi connectivity index (χ1) is 8.19. The van der Waals surface area contributed by atoms with E-state index in [1.165, 1.54) is 0 Å². The van der Waals surface area contributed by atoms with E-state index in [4.69, 9.17) is 0 Å². The van der Waals surface area contributed by atoms with Gasteiger partial charge < -0.3 is 10.4 Å². The Hall–Kier alpha value is -1.10. The molecule has 0 aromatic carbocycles. The van der Waals surface area contributed by atoms with Gasteiger partial charge in [0.15, 0.2) is 0 Å². The molecule has 3 unspecified atom stereocenters. The minimum Gasteiger partial charge on any atom is -0.465 e. The maximum atomic E-state index is 12.1. The van der Waals surface area contributed by atoms with Crippen molar-refractivity contribution in [3.05, 3.63) is 0 Å². The van der Waals surface area contributed by atoms with E-state index in [1.54, 1.807) is 6.92 Å². The van der Waals surface area contributed by atoms with Gasteiger partial charge in [0, 0.05) is 17.5 Å². The molecule has 2 N–H and O–H groups in total. The van der Waals surface area contributed by atoms with Gasteiger partial charge in [0.2, 0.25) is 5.91 Å². The van der Waals surface area contributed by atoms with Crippen molar-refractivity contribution in [2.45, 2.75) is 71.0 Å². The monoisotopic (exact) mass is 256 g/mol. The highest BCUT2D eigenvalue weighted by Gasteiger charge is 2.47. The number of amides is 2. The van der Waals surface area contributed by atoms with Gasteiger partial charge in [-0.15, -0.1) is 0 Å². The van der Waals surface area contributed by atoms with Crippen molar-refractivity contribution in [2.24, 2.45) is 0 Å². The van der Waals surface area contributed by atoms with Gasteiger partial charge in [-0.1, -0.05) is 13.8 Å². The van der Waals surface area contributed by atoms with Crippen LogP contribution in [-0.2, 0) is 4.79 Å². The zero-order chi connectivity index (χ0) is 14.1. The van der Waals surface area contributed by atoms with Crippen LogP contribution < -0.4 is 5.32 Å². The van der Waals surface area contributed by atoms with Crippen molar-refractivity contribution >= 4 is 12.0 Å². The Balaban J connectivity index is 3.23. The van der Waals surface area contributed by atoms with E-state index in [1.807, 2.05) is 27.7 Å². The molecule has 3 atom stereocenters. The van der Waals surface area contributed by atoms with Crippen LogP contribution in [0.2, 0.25) is 0 Å². The summed E-state index contributed by atoms with van der Waals surface area (Å²) >= 11 is 0. The Morgan fingerprint density at radius 3 is 2.39 bits per heavy atom. The molecule has 0 aliphatic carbocycles. The lowest BCUT2D eigenvalue weighted by molar-refractivity contribution is -0.131. The van der Waals surface area contributed by atoms with Gasteiger partial charge in [-0.05, 0) is 33.6 Å². The van der Waals surface area contributed by atoms with Crippen molar-refractivity contribution in [3.8, 4) is 0 Å². The summed E-state index contributed by atoms with van der Waals surface area (Å²) < 4.78 is 0. The highest BCUT2D eigenvalue weighted by molar-refractivity contribution is 5.92. The summed E-state index contributed by atoms with van der Waals surface area (Å²) in [5, 5.41) is 12.8. The summed E-state index contributed by atoms with van der Waals surface area (Å²) in [7, 11) is 0. The number of hydrogen-bond acceptors (Lipinski definition) is 3. The maximum absolute atomic E-state index is 12.1. The van der Waals surface area contributed by atoms with Gasteiger partial charge in [-0.2, -0.15) is 0 Å². The second-order valence-electron chi connectivity index (χ2n) is 5.71. The van der Waals surface area contributed by atoms with Crippen molar-refractivity contribution in [3.63, 3.8) is 0 Å². The highest BCUT2D eigenvalue weighted by Crippen LogP contribution is 2.31. The molecule has 0 radical (unpaired) electrons. The van der Waals surface area contributed by atoms with E-state index in [9.17, 15) is 14.7 Å². The number of carboxylic acid groups (broad SMARTS) is 1. The first-order valence-corrected chi connectivity index (χ1v) is 6.53. The SMILES string of the molecule is CCC1(C)CC(=O)N(C(=O)O)C(C)C(C)(CC)N1. The second-order valence-corrected chi connectivity index (χ2v) is 5.71. The highest BCUT2D eigenvalue weighted by atomic mass is 16.4. The van der Waals surface area contributed by atoms with Gasteiger partial charge >= 0.3 is 6.09 Å². The number of rotatable bonds is 2. The maximum Gasteiger partial charge on any atom is 0.414 e. The lowest BCUT2D eigenvalue weighted by atomic mass is 9.86. The first kappa shape index (κ1) is 15.0. The number of carbonyl (C=O) groups excluding carboxylic acids is 1. The molecule has 1 fully saturated rings. The number of carbonyl (C=O) groups is 2. The lowest BCUT2D eigenvalue weighted by Crippen LogP contribution is -2.61. The predicted octanol–water partition coefficient (Wildman–Crippen LogP) is 2.21. The van der Waals surface area contributed by atoms with Crippen molar-refractivity contribution in [1.82, 2.24) is 10.2 Å². The average molecular weight is 256 g/mol. The van der Waals surface area contributed by atoms with Crippen LogP contribution in [0, 0.1) is 0 Å². The van der Waals surface area contributed by atoms with E-state index < -0.39 is 11.6 Å². The predicted molar refractivity (Wildman–Crippen MR) is 69.5 cm³/mol. The topological polar surface area (TPSA) is 69.6 Å². The zero-order valence-corrected chi connectivity index (χ0v) is 11.9. The van der Waals surface area contributed by atoms with Crippen LogP contribution in [0.15, 0.2) is 0 Å². The molecule has 5 heteroatoms. The first-order valence-electron chi connectivity index (χ1n) is 6.53. The lowest BCUT2D eigenvalue weighted by Gasteiger charge is -2.42. The van der Waals surface area contributed by atoms with Crippen LogP contribution in [0.5, 0.6) is 0 Å². The van der Waals surface area contributed by atoms with Crippen molar-refractivity contribution in [2.75, 3.05) is 0 Å². The minimum atomic E-state index is -1.16. The Bertz CT molecular complexity index is 358. The number of nitrogens with one attached hydrogen (secondary N) is 1. The summed E-state index contributed by atoms with van der Waals surface area (Å²) in [5.74, 6) is -0.316. The summed E-state index contributed by atoms with van der Waals surface area (Å²) in [6.45, 7) is 9.79. The molecule has 1 rings (SSSR count). The molecule has 104 valence electrons. The standard InChI is InChI=1S/C13H24N2O3/c1-6-12(4)8-10(16)15(11(17)18)9(3)13(5,7-2)14-12/h9,14H,6-8H2,1-5H3,(H,17,18). The fourth-order valence-corrected chi connectivity index (χ4v) is 2.63. The van der Waals surface area contributed by atoms with Gasteiger partial charge in [-0.25, -0.2) is 9.69 Å². The van der Waals surface area contributed by atoms with Crippen LogP contribution in [0.4, 0.5) is 4.79 Å². The van der Waals surface area contributed by atoms with E-state index in [2.05, 4.69) is 5.32 Å². The van der Waals surface area contributed by atoms with Crippen LogP contribution in [-0.4, -0.2) is 39.1 Å². The van der Waals surface area contributed by atoms with Gasteiger partial charge in [0.05, 0.1) is 6.04 Å². The smallest absolute Gasteiger partial charge is 0.414 e. The molecule has 1 saturated heterocycles. The number of imide groups is 1. The van der Waals surface area contributed by atoms with E-state index >= 15 is 0 Å². The van der Waals surface area contributed by atoms with Gasteiger partial charge in [0.25, 0.3) is 0 Å². The summed E-state index contributed by atoms with van der Waals surface area (Å²) in [6, 6.07) is -0.374. The van der Waals surface area contributed by atoms with E-state index in [0.717, 1.165) is 17.7 Å².